The van der Waals surface area contributed by atoms with Crippen molar-refractivity contribution in [3.05, 3.63) is 146 Å². The van der Waals surface area contributed by atoms with Gasteiger partial charge in [-0.05, 0) is 94.3 Å². The molecular weight excluding hydrogens is 456 g/mol. The molecule has 9 rings (SSSR count). The SMILES string of the molecule is c1ccc2c(c1)-c1cccc3c1c-2cc1ccccc13.c1ccc2cc3c(ccc4ccccc43)cc2c1. The van der Waals surface area contributed by atoms with Gasteiger partial charge in [0.1, 0.15) is 0 Å². The van der Waals surface area contributed by atoms with E-state index in [-0.39, 0.29) is 0 Å². The van der Waals surface area contributed by atoms with Gasteiger partial charge in [-0.25, -0.2) is 0 Å². The molecule has 0 saturated heterocycles. The van der Waals surface area contributed by atoms with Crippen molar-refractivity contribution >= 4 is 53.9 Å². The molecule has 1 aliphatic carbocycles. The summed E-state index contributed by atoms with van der Waals surface area (Å²) in [5.41, 5.74) is 5.48. The first kappa shape index (κ1) is 21.2. The molecule has 0 heterocycles. The monoisotopic (exact) mass is 480 g/mol. The van der Waals surface area contributed by atoms with E-state index in [1.165, 1.54) is 76.1 Å². The van der Waals surface area contributed by atoms with Gasteiger partial charge >= 0.3 is 0 Å². The van der Waals surface area contributed by atoms with Gasteiger partial charge in [0.2, 0.25) is 0 Å². The van der Waals surface area contributed by atoms with Crippen molar-refractivity contribution in [1.82, 2.24) is 0 Å². The van der Waals surface area contributed by atoms with E-state index in [2.05, 4.69) is 146 Å². The van der Waals surface area contributed by atoms with Gasteiger partial charge in [-0.3, -0.25) is 0 Å². The molecule has 0 heteroatoms. The Morgan fingerprint density at radius 3 is 1.53 bits per heavy atom. The number of benzene rings is 8. The lowest BCUT2D eigenvalue weighted by Crippen LogP contribution is -1.79. The second-order valence-electron chi connectivity index (χ2n) is 10.1. The first-order chi connectivity index (χ1) is 18.8. The van der Waals surface area contributed by atoms with Gasteiger partial charge in [0.05, 0.1) is 0 Å². The number of hydrogen-bond donors (Lipinski definition) is 0. The highest BCUT2D eigenvalue weighted by Crippen LogP contribution is 2.48. The molecule has 0 aliphatic heterocycles. The lowest BCUT2D eigenvalue weighted by atomic mass is 9.97. The third kappa shape index (κ3) is 3.17. The summed E-state index contributed by atoms with van der Waals surface area (Å²) < 4.78 is 0. The molecule has 0 saturated carbocycles. The van der Waals surface area contributed by atoms with Crippen molar-refractivity contribution in [1.29, 1.82) is 0 Å². The van der Waals surface area contributed by atoms with Crippen molar-refractivity contribution in [2.45, 2.75) is 0 Å². The van der Waals surface area contributed by atoms with Crippen molar-refractivity contribution in [2.75, 3.05) is 0 Å². The van der Waals surface area contributed by atoms with Crippen molar-refractivity contribution in [2.24, 2.45) is 0 Å². The third-order valence-corrected chi connectivity index (χ3v) is 8.00. The number of fused-ring (bicyclic) bond motifs is 9. The lowest BCUT2D eigenvalue weighted by Gasteiger charge is -2.07. The van der Waals surface area contributed by atoms with Crippen LogP contribution in [0.4, 0.5) is 0 Å². The Morgan fingerprint density at radius 1 is 0.237 bits per heavy atom. The Kier molecular flexibility index (Phi) is 4.62. The van der Waals surface area contributed by atoms with E-state index in [0.29, 0.717) is 0 Å². The van der Waals surface area contributed by atoms with Gasteiger partial charge in [0.15, 0.2) is 0 Å². The van der Waals surface area contributed by atoms with E-state index < -0.39 is 0 Å². The van der Waals surface area contributed by atoms with Crippen LogP contribution in [0.5, 0.6) is 0 Å². The van der Waals surface area contributed by atoms with Gasteiger partial charge in [-0.2, -0.15) is 0 Å². The van der Waals surface area contributed by atoms with Crippen LogP contribution in [-0.4, -0.2) is 0 Å². The van der Waals surface area contributed by atoms with Crippen LogP contribution < -0.4 is 0 Å². The van der Waals surface area contributed by atoms with Crippen LogP contribution in [0, 0.1) is 0 Å². The van der Waals surface area contributed by atoms with E-state index in [1.54, 1.807) is 0 Å². The molecule has 0 amide bonds. The third-order valence-electron chi connectivity index (χ3n) is 8.00. The zero-order valence-electron chi connectivity index (χ0n) is 20.9. The Morgan fingerprint density at radius 2 is 0.737 bits per heavy atom. The smallest absolute Gasteiger partial charge is 0.00199 e. The van der Waals surface area contributed by atoms with Crippen molar-refractivity contribution in [3.63, 3.8) is 0 Å². The molecule has 0 nitrogen and oxygen atoms in total. The molecule has 8 aromatic rings. The van der Waals surface area contributed by atoms with E-state index in [9.17, 15) is 0 Å². The minimum Gasteiger partial charge on any atom is -0.0616 e. The van der Waals surface area contributed by atoms with E-state index >= 15 is 0 Å². The summed E-state index contributed by atoms with van der Waals surface area (Å²) in [5.74, 6) is 0. The fraction of sp³-hybridized carbons (Fsp3) is 0. The van der Waals surface area contributed by atoms with E-state index in [4.69, 9.17) is 0 Å². The molecule has 176 valence electrons. The first-order valence-electron chi connectivity index (χ1n) is 13.2. The van der Waals surface area contributed by atoms with Crippen LogP contribution in [0.2, 0.25) is 0 Å². The van der Waals surface area contributed by atoms with Crippen molar-refractivity contribution in [3.8, 4) is 22.3 Å². The average Bonchev–Trinajstić information content (AvgIpc) is 3.31. The minimum absolute atomic E-state index is 1.31. The first-order valence-corrected chi connectivity index (χ1v) is 13.2. The number of rotatable bonds is 0. The zero-order valence-corrected chi connectivity index (χ0v) is 20.9. The second kappa shape index (κ2) is 8.30. The molecule has 0 atom stereocenters. The summed E-state index contributed by atoms with van der Waals surface area (Å²) in [4.78, 5) is 0. The predicted octanol–water partition coefficient (Wildman–Crippen LogP) is 10.8. The zero-order chi connectivity index (χ0) is 25.1. The van der Waals surface area contributed by atoms with E-state index in [1.807, 2.05) is 0 Å². The summed E-state index contributed by atoms with van der Waals surface area (Å²) in [7, 11) is 0. The minimum atomic E-state index is 1.31. The molecule has 0 spiro atoms. The normalized spacial score (nSPS) is 11.7. The largest absolute Gasteiger partial charge is 0.0616 e. The summed E-state index contributed by atoms with van der Waals surface area (Å²) >= 11 is 0. The van der Waals surface area contributed by atoms with Crippen LogP contribution in [0.3, 0.4) is 0 Å². The van der Waals surface area contributed by atoms with Crippen molar-refractivity contribution < 1.29 is 0 Å². The topological polar surface area (TPSA) is 0 Å². The van der Waals surface area contributed by atoms with Crippen LogP contribution in [-0.2, 0) is 0 Å². The summed E-state index contributed by atoms with van der Waals surface area (Å²) in [6.45, 7) is 0. The molecular formula is C38H24. The second-order valence-corrected chi connectivity index (χ2v) is 10.1. The molecule has 0 N–H and O–H groups in total. The molecule has 0 radical (unpaired) electrons. The molecule has 8 aromatic carbocycles. The molecule has 0 fully saturated rings. The molecule has 38 heavy (non-hydrogen) atoms. The van der Waals surface area contributed by atoms with Gasteiger partial charge in [0.25, 0.3) is 0 Å². The van der Waals surface area contributed by atoms with Crippen LogP contribution in [0.15, 0.2) is 146 Å². The highest BCUT2D eigenvalue weighted by atomic mass is 14.2. The maximum Gasteiger partial charge on any atom is -0.00199 e. The predicted molar refractivity (Wildman–Crippen MR) is 165 cm³/mol. The summed E-state index contributed by atoms with van der Waals surface area (Å²) in [5, 5.41) is 13.4. The highest BCUT2D eigenvalue weighted by molar-refractivity contribution is 6.23. The van der Waals surface area contributed by atoms with Crippen LogP contribution in [0.1, 0.15) is 0 Å². The van der Waals surface area contributed by atoms with E-state index in [0.717, 1.165) is 0 Å². The van der Waals surface area contributed by atoms with Crippen LogP contribution >= 0.6 is 0 Å². The fourth-order valence-corrected chi connectivity index (χ4v) is 6.25. The van der Waals surface area contributed by atoms with Gasteiger partial charge in [-0.15, -0.1) is 0 Å². The molecule has 0 unspecified atom stereocenters. The van der Waals surface area contributed by atoms with Gasteiger partial charge in [0, 0.05) is 0 Å². The molecule has 1 aliphatic rings. The number of hydrogen-bond acceptors (Lipinski definition) is 0. The summed E-state index contributed by atoms with van der Waals surface area (Å²) in [6.07, 6.45) is 0. The Labute approximate surface area is 221 Å². The standard InChI is InChI=1S/C20H12.C18H12/c1-2-7-14-13(6-1)12-19-16-9-4-3-8-15(16)18-11-5-10-17(14)20(18)19;1-2-7-15-12-18-16(11-14(15)6-1)10-9-13-5-3-4-8-17(13)18/h1-12H;1-12H. The van der Waals surface area contributed by atoms with Gasteiger partial charge < -0.3 is 0 Å². The molecule has 0 bridgehead atoms. The quantitative estimate of drug-likeness (QED) is 0.150. The van der Waals surface area contributed by atoms with Gasteiger partial charge in [-0.1, -0.05) is 127 Å². The highest BCUT2D eigenvalue weighted by Gasteiger charge is 2.21. The van der Waals surface area contributed by atoms with Crippen LogP contribution in [0.25, 0.3) is 76.1 Å². The average molecular weight is 481 g/mol. The lowest BCUT2D eigenvalue weighted by molar-refractivity contribution is 1.70. The fourth-order valence-electron chi connectivity index (χ4n) is 6.25. The Balaban J connectivity index is 0.000000119. The Hall–Kier alpha value is -4.94. The molecule has 0 aromatic heterocycles. The Bertz CT molecular complexity index is 2180. The maximum absolute atomic E-state index is 2.34. The maximum atomic E-state index is 2.34. The summed E-state index contributed by atoms with van der Waals surface area (Å²) in [6, 6.07) is 52.5.